The first-order valence-electron chi connectivity index (χ1n) is 7.76. The molecule has 27 heavy (non-hydrogen) atoms. The Morgan fingerprint density at radius 2 is 1.93 bits per heavy atom. The SMILES string of the molecule is CN1C(=N)N[C@](C)(c2sccc2Cl)C(c2ccc(OC(F)(F)F)cc2)C1=O. The van der Waals surface area contributed by atoms with Crippen LogP contribution in [0.5, 0.6) is 5.75 Å². The van der Waals surface area contributed by atoms with Crippen LogP contribution in [0.3, 0.4) is 0 Å². The van der Waals surface area contributed by atoms with E-state index in [1.165, 1.54) is 30.5 Å². The van der Waals surface area contributed by atoms with E-state index in [9.17, 15) is 18.0 Å². The van der Waals surface area contributed by atoms with Gasteiger partial charge in [-0.3, -0.25) is 15.1 Å². The Balaban J connectivity index is 2.05. The fourth-order valence-corrected chi connectivity index (χ4v) is 4.54. The number of halogens is 4. The third-order valence-corrected chi connectivity index (χ3v) is 5.98. The number of benzene rings is 1. The largest absolute Gasteiger partial charge is 0.573 e. The van der Waals surface area contributed by atoms with Crippen molar-refractivity contribution in [3.63, 3.8) is 0 Å². The molecule has 10 heteroatoms. The van der Waals surface area contributed by atoms with Crippen molar-refractivity contribution in [1.82, 2.24) is 10.2 Å². The van der Waals surface area contributed by atoms with Crippen LogP contribution in [-0.4, -0.2) is 30.2 Å². The van der Waals surface area contributed by atoms with E-state index in [2.05, 4.69) is 10.1 Å². The second-order valence-electron chi connectivity index (χ2n) is 6.22. The Morgan fingerprint density at radius 3 is 2.44 bits per heavy atom. The zero-order chi connectivity index (χ0) is 20.0. The summed E-state index contributed by atoms with van der Waals surface area (Å²) >= 11 is 7.61. The third-order valence-electron chi connectivity index (χ3n) is 4.40. The van der Waals surface area contributed by atoms with E-state index in [1.807, 2.05) is 0 Å². The summed E-state index contributed by atoms with van der Waals surface area (Å²) in [6.45, 7) is 1.74. The van der Waals surface area contributed by atoms with Crippen molar-refractivity contribution in [1.29, 1.82) is 5.41 Å². The predicted octanol–water partition coefficient (Wildman–Crippen LogP) is 4.30. The summed E-state index contributed by atoms with van der Waals surface area (Å²) in [6, 6.07) is 6.83. The highest BCUT2D eigenvalue weighted by Crippen LogP contribution is 2.45. The van der Waals surface area contributed by atoms with Gasteiger partial charge in [0.1, 0.15) is 5.75 Å². The molecule has 144 valence electrons. The number of carbonyl (C=O) groups excluding carboxylic acids is 1. The Hall–Kier alpha value is -2.26. The molecule has 1 aromatic carbocycles. The fourth-order valence-electron chi connectivity index (χ4n) is 3.14. The molecule has 2 aromatic rings. The van der Waals surface area contributed by atoms with E-state index in [0.717, 1.165) is 17.0 Å². The summed E-state index contributed by atoms with van der Waals surface area (Å²) in [7, 11) is 1.46. The van der Waals surface area contributed by atoms with Gasteiger partial charge in [0.2, 0.25) is 5.91 Å². The van der Waals surface area contributed by atoms with E-state index < -0.39 is 17.8 Å². The summed E-state index contributed by atoms with van der Waals surface area (Å²) < 4.78 is 41.0. The van der Waals surface area contributed by atoms with Crippen molar-refractivity contribution in [3.8, 4) is 5.75 Å². The van der Waals surface area contributed by atoms with Gasteiger partial charge in [0.05, 0.1) is 16.5 Å². The Kier molecular flexibility index (Phi) is 4.85. The molecule has 3 rings (SSSR count). The van der Waals surface area contributed by atoms with Gasteiger partial charge in [0, 0.05) is 11.9 Å². The van der Waals surface area contributed by atoms with Gasteiger partial charge >= 0.3 is 6.36 Å². The lowest BCUT2D eigenvalue weighted by molar-refractivity contribution is -0.274. The van der Waals surface area contributed by atoms with Gasteiger partial charge in [-0.15, -0.1) is 24.5 Å². The van der Waals surface area contributed by atoms with Crippen LogP contribution in [0, 0.1) is 5.41 Å². The van der Waals surface area contributed by atoms with E-state index in [-0.39, 0.29) is 17.6 Å². The van der Waals surface area contributed by atoms with Gasteiger partial charge < -0.3 is 10.1 Å². The highest BCUT2D eigenvalue weighted by Gasteiger charge is 2.49. The van der Waals surface area contributed by atoms with Crippen molar-refractivity contribution in [2.45, 2.75) is 24.7 Å². The van der Waals surface area contributed by atoms with Crippen molar-refractivity contribution in [2.75, 3.05) is 7.05 Å². The third kappa shape index (κ3) is 3.61. The molecule has 1 saturated heterocycles. The lowest BCUT2D eigenvalue weighted by Gasteiger charge is -2.45. The Morgan fingerprint density at radius 1 is 1.30 bits per heavy atom. The van der Waals surface area contributed by atoms with Crippen molar-refractivity contribution in [2.24, 2.45) is 0 Å². The number of carbonyl (C=O) groups is 1. The molecular formula is C17H15ClF3N3O2S. The molecule has 1 unspecified atom stereocenters. The smallest absolute Gasteiger partial charge is 0.406 e. The maximum absolute atomic E-state index is 13.0. The minimum atomic E-state index is -4.79. The highest BCUT2D eigenvalue weighted by molar-refractivity contribution is 7.10. The number of alkyl halides is 3. The molecule has 5 nitrogen and oxygen atoms in total. The van der Waals surface area contributed by atoms with Crippen molar-refractivity contribution < 1.29 is 22.7 Å². The molecule has 0 saturated carbocycles. The molecule has 1 aliphatic heterocycles. The first-order valence-corrected chi connectivity index (χ1v) is 9.02. The van der Waals surface area contributed by atoms with Crippen LogP contribution in [-0.2, 0) is 10.3 Å². The number of guanidine groups is 1. The number of likely N-dealkylation sites (N-methyl/N-ethyl adjacent to an activating group) is 1. The first-order chi connectivity index (χ1) is 12.5. The summed E-state index contributed by atoms with van der Waals surface area (Å²) in [5, 5.41) is 13.3. The lowest BCUT2D eigenvalue weighted by Crippen LogP contribution is -2.62. The van der Waals surface area contributed by atoms with Crippen LogP contribution in [0.4, 0.5) is 13.2 Å². The number of amides is 1. The molecular weight excluding hydrogens is 403 g/mol. The molecule has 1 amide bonds. The number of nitrogens with one attached hydrogen (secondary N) is 2. The van der Waals surface area contributed by atoms with Crippen LogP contribution in [0.1, 0.15) is 23.3 Å². The predicted molar refractivity (Wildman–Crippen MR) is 96.2 cm³/mol. The van der Waals surface area contributed by atoms with E-state index >= 15 is 0 Å². The standard InChI is InChI=1S/C17H15ClF3N3O2S/c1-16(13-11(18)7-8-27-13)12(14(25)24(2)15(22)23-16)9-3-5-10(6-4-9)26-17(19,20)21/h3-8,12H,1-2H3,(H2,22,23)/t12?,16-/m0/s1. The van der Waals surface area contributed by atoms with Gasteiger partial charge in [-0.1, -0.05) is 23.7 Å². The molecule has 2 N–H and O–H groups in total. The van der Waals surface area contributed by atoms with Crippen molar-refractivity contribution in [3.05, 3.63) is 51.2 Å². The minimum absolute atomic E-state index is 0.0831. The van der Waals surface area contributed by atoms with Crippen LogP contribution in [0.15, 0.2) is 35.7 Å². The van der Waals surface area contributed by atoms with Crippen LogP contribution >= 0.6 is 22.9 Å². The number of hydrogen-bond acceptors (Lipinski definition) is 4. The molecule has 2 heterocycles. The van der Waals surface area contributed by atoms with Crippen molar-refractivity contribution >= 4 is 34.8 Å². The number of hydrogen-bond donors (Lipinski definition) is 2. The van der Waals surface area contributed by atoms with Crippen LogP contribution in [0.2, 0.25) is 5.02 Å². The topological polar surface area (TPSA) is 65.4 Å². The summed E-state index contributed by atoms with van der Waals surface area (Å²) in [4.78, 5) is 14.8. The number of thiophene rings is 1. The molecule has 0 aliphatic carbocycles. The highest BCUT2D eigenvalue weighted by atomic mass is 35.5. The van der Waals surface area contributed by atoms with Gasteiger partial charge in [-0.05, 0) is 36.1 Å². The van der Waals surface area contributed by atoms with Crippen LogP contribution < -0.4 is 10.1 Å². The molecule has 1 aliphatic rings. The summed E-state index contributed by atoms with van der Waals surface area (Å²) in [5.74, 6) is -1.62. The second-order valence-corrected chi connectivity index (χ2v) is 7.54. The molecule has 0 bridgehead atoms. The maximum Gasteiger partial charge on any atom is 0.573 e. The second kappa shape index (κ2) is 6.72. The van der Waals surface area contributed by atoms with E-state index in [1.54, 1.807) is 18.4 Å². The average Bonchev–Trinajstić information content (AvgIpc) is 3.00. The molecule has 1 fully saturated rings. The number of nitrogens with zero attached hydrogens (tertiary/aromatic N) is 1. The monoisotopic (exact) mass is 417 g/mol. The van der Waals surface area contributed by atoms with Gasteiger partial charge in [-0.25, -0.2) is 0 Å². The first kappa shape index (κ1) is 19.5. The van der Waals surface area contributed by atoms with Gasteiger partial charge in [-0.2, -0.15) is 0 Å². The Bertz CT molecular complexity index is 884. The zero-order valence-electron chi connectivity index (χ0n) is 14.2. The average molecular weight is 418 g/mol. The maximum atomic E-state index is 13.0. The normalized spacial score (nSPS) is 23.3. The van der Waals surface area contributed by atoms with Gasteiger partial charge in [0.15, 0.2) is 5.96 Å². The quantitative estimate of drug-likeness (QED) is 0.782. The zero-order valence-corrected chi connectivity index (χ0v) is 15.8. The Labute approximate surface area is 162 Å². The minimum Gasteiger partial charge on any atom is -0.406 e. The van der Waals surface area contributed by atoms with E-state index in [0.29, 0.717) is 15.5 Å². The van der Waals surface area contributed by atoms with Gasteiger partial charge in [0.25, 0.3) is 0 Å². The summed E-state index contributed by atoms with van der Waals surface area (Å²) in [5.41, 5.74) is -0.549. The molecule has 0 spiro atoms. The van der Waals surface area contributed by atoms with E-state index in [4.69, 9.17) is 17.0 Å². The lowest BCUT2D eigenvalue weighted by atomic mass is 9.77. The molecule has 0 radical (unpaired) electrons. The molecule has 2 atom stereocenters. The fraction of sp³-hybridized carbons (Fsp3) is 0.294. The number of rotatable bonds is 3. The summed E-state index contributed by atoms with van der Waals surface area (Å²) in [6.07, 6.45) is -4.79. The molecule has 1 aromatic heterocycles. The number of ether oxygens (including phenoxy) is 1. The van der Waals surface area contributed by atoms with Crippen LogP contribution in [0.25, 0.3) is 0 Å².